The third-order valence-corrected chi connectivity index (χ3v) is 3.02. The van der Waals surface area contributed by atoms with E-state index in [0.29, 0.717) is 6.54 Å². The molecule has 0 saturated carbocycles. The van der Waals surface area contributed by atoms with Gasteiger partial charge in [0.25, 0.3) is 5.91 Å². The van der Waals surface area contributed by atoms with Gasteiger partial charge in [-0.1, -0.05) is 30.3 Å². The number of phenols is 1. The molecule has 0 saturated heterocycles. The average Bonchev–Trinajstić information content (AvgIpc) is 2.45. The number of amides is 1. The van der Waals surface area contributed by atoms with E-state index in [1.165, 1.54) is 0 Å². The highest BCUT2D eigenvalue weighted by Gasteiger charge is 2.10. The van der Waals surface area contributed by atoms with Gasteiger partial charge in [0.2, 0.25) is 0 Å². The van der Waals surface area contributed by atoms with E-state index in [1.807, 2.05) is 31.2 Å². The molecule has 0 spiro atoms. The van der Waals surface area contributed by atoms with Gasteiger partial charge in [-0.05, 0) is 35.7 Å². The first kappa shape index (κ1) is 14.1. The number of phenolic OH excluding ortho intramolecular Hbond substituents is 1. The van der Waals surface area contributed by atoms with Crippen molar-refractivity contribution >= 4 is 5.91 Å². The van der Waals surface area contributed by atoms with Crippen LogP contribution >= 0.6 is 0 Å². The van der Waals surface area contributed by atoms with Crippen LogP contribution in [0.2, 0.25) is 0 Å². The third-order valence-electron chi connectivity index (χ3n) is 3.02. The molecular formula is C16H17NO3. The summed E-state index contributed by atoms with van der Waals surface area (Å²) in [6.45, 7) is 2.17. The molecule has 4 heteroatoms. The Hall–Kier alpha value is -2.33. The smallest absolute Gasteiger partial charge is 0.255 e. The van der Waals surface area contributed by atoms with Crippen molar-refractivity contribution in [2.45, 2.75) is 20.1 Å². The molecule has 0 bridgehead atoms. The van der Waals surface area contributed by atoms with Gasteiger partial charge in [0.05, 0.1) is 12.2 Å². The molecule has 0 heterocycles. The zero-order valence-corrected chi connectivity index (χ0v) is 11.3. The Morgan fingerprint density at radius 1 is 1.15 bits per heavy atom. The number of carbonyl (C=O) groups is 1. The number of hydrogen-bond acceptors (Lipinski definition) is 3. The van der Waals surface area contributed by atoms with E-state index in [2.05, 4.69) is 5.32 Å². The minimum absolute atomic E-state index is 0.0217. The van der Waals surface area contributed by atoms with Gasteiger partial charge in [-0.3, -0.25) is 4.79 Å². The standard InChI is InChI=1S/C16H17NO3/c1-11-5-6-14(15(19)7-11)16(20)17-9-12-3-2-4-13(8-12)10-18/h2-8,18-19H,9-10H2,1H3,(H,17,20). The average molecular weight is 271 g/mol. The minimum Gasteiger partial charge on any atom is -0.507 e. The number of hydrogen-bond donors (Lipinski definition) is 3. The second-order valence-corrected chi connectivity index (χ2v) is 4.68. The quantitative estimate of drug-likeness (QED) is 0.797. The Morgan fingerprint density at radius 3 is 2.60 bits per heavy atom. The van der Waals surface area contributed by atoms with Gasteiger partial charge in [0.1, 0.15) is 5.75 Å². The molecular weight excluding hydrogens is 254 g/mol. The topological polar surface area (TPSA) is 69.6 Å². The summed E-state index contributed by atoms with van der Waals surface area (Å²) < 4.78 is 0. The summed E-state index contributed by atoms with van der Waals surface area (Å²) in [7, 11) is 0. The van der Waals surface area contributed by atoms with Crippen LogP contribution in [0.5, 0.6) is 5.75 Å². The van der Waals surface area contributed by atoms with E-state index in [-0.39, 0.29) is 23.8 Å². The summed E-state index contributed by atoms with van der Waals surface area (Å²) in [6, 6.07) is 12.3. The first-order chi connectivity index (χ1) is 9.60. The van der Waals surface area contributed by atoms with Crippen molar-refractivity contribution in [1.29, 1.82) is 0 Å². The van der Waals surface area contributed by atoms with Crippen LogP contribution < -0.4 is 5.32 Å². The van der Waals surface area contributed by atoms with Crippen LogP contribution in [0.15, 0.2) is 42.5 Å². The van der Waals surface area contributed by atoms with Crippen molar-refractivity contribution in [3.8, 4) is 5.75 Å². The molecule has 0 aromatic heterocycles. The number of aromatic hydroxyl groups is 1. The summed E-state index contributed by atoms with van der Waals surface area (Å²) >= 11 is 0. The number of rotatable bonds is 4. The molecule has 2 aromatic carbocycles. The first-order valence-corrected chi connectivity index (χ1v) is 6.36. The zero-order valence-electron chi connectivity index (χ0n) is 11.3. The number of aliphatic hydroxyl groups is 1. The second kappa shape index (κ2) is 6.21. The molecule has 2 aromatic rings. The lowest BCUT2D eigenvalue weighted by molar-refractivity contribution is 0.0948. The fourth-order valence-corrected chi connectivity index (χ4v) is 1.95. The van der Waals surface area contributed by atoms with E-state index in [0.717, 1.165) is 16.7 Å². The third kappa shape index (κ3) is 3.36. The number of carbonyl (C=O) groups excluding carboxylic acids is 1. The summed E-state index contributed by atoms with van der Waals surface area (Å²) in [5.74, 6) is -0.344. The molecule has 104 valence electrons. The van der Waals surface area contributed by atoms with Gasteiger partial charge >= 0.3 is 0 Å². The van der Waals surface area contributed by atoms with Gasteiger partial charge in [0.15, 0.2) is 0 Å². The summed E-state index contributed by atoms with van der Waals surface area (Å²) in [4.78, 5) is 12.0. The van der Waals surface area contributed by atoms with Crippen molar-refractivity contribution < 1.29 is 15.0 Å². The summed E-state index contributed by atoms with van der Waals surface area (Å²) in [6.07, 6.45) is 0. The Balaban J connectivity index is 2.04. The molecule has 0 atom stereocenters. The highest BCUT2D eigenvalue weighted by molar-refractivity contribution is 5.96. The predicted molar refractivity (Wildman–Crippen MR) is 76.4 cm³/mol. The number of benzene rings is 2. The fourth-order valence-electron chi connectivity index (χ4n) is 1.95. The van der Waals surface area contributed by atoms with E-state index in [4.69, 9.17) is 5.11 Å². The Kier molecular flexibility index (Phi) is 4.38. The lowest BCUT2D eigenvalue weighted by Gasteiger charge is -2.08. The maximum atomic E-state index is 12.0. The molecule has 0 radical (unpaired) electrons. The molecule has 0 aliphatic heterocycles. The van der Waals surface area contributed by atoms with Gasteiger partial charge in [-0.15, -0.1) is 0 Å². The van der Waals surface area contributed by atoms with Gasteiger partial charge in [0, 0.05) is 6.54 Å². The SMILES string of the molecule is Cc1ccc(C(=O)NCc2cccc(CO)c2)c(O)c1. The normalized spacial score (nSPS) is 10.3. The van der Waals surface area contributed by atoms with Crippen LogP contribution in [0.25, 0.3) is 0 Å². The lowest BCUT2D eigenvalue weighted by atomic mass is 10.1. The minimum atomic E-state index is -0.322. The Morgan fingerprint density at radius 2 is 1.90 bits per heavy atom. The van der Waals surface area contributed by atoms with Gasteiger partial charge in [-0.2, -0.15) is 0 Å². The van der Waals surface area contributed by atoms with Gasteiger partial charge < -0.3 is 15.5 Å². The van der Waals surface area contributed by atoms with Gasteiger partial charge in [-0.25, -0.2) is 0 Å². The van der Waals surface area contributed by atoms with E-state index in [9.17, 15) is 9.90 Å². The van der Waals surface area contributed by atoms with Crippen LogP contribution in [-0.4, -0.2) is 16.1 Å². The Labute approximate surface area is 117 Å². The molecule has 2 rings (SSSR count). The largest absolute Gasteiger partial charge is 0.507 e. The highest BCUT2D eigenvalue weighted by Crippen LogP contribution is 2.18. The van der Waals surface area contributed by atoms with Crippen LogP contribution in [0.3, 0.4) is 0 Å². The summed E-state index contributed by atoms with van der Waals surface area (Å²) in [5.41, 5.74) is 2.86. The molecule has 4 nitrogen and oxygen atoms in total. The number of aryl methyl sites for hydroxylation is 1. The summed E-state index contributed by atoms with van der Waals surface area (Å²) in [5, 5.41) is 21.6. The van der Waals surface area contributed by atoms with Crippen LogP contribution in [0.4, 0.5) is 0 Å². The fraction of sp³-hybridized carbons (Fsp3) is 0.188. The van der Waals surface area contributed by atoms with Crippen molar-refractivity contribution in [1.82, 2.24) is 5.32 Å². The van der Waals surface area contributed by atoms with E-state index >= 15 is 0 Å². The van der Waals surface area contributed by atoms with Crippen molar-refractivity contribution in [2.75, 3.05) is 0 Å². The lowest BCUT2D eigenvalue weighted by Crippen LogP contribution is -2.22. The van der Waals surface area contributed by atoms with Crippen molar-refractivity contribution in [3.63, 3.8) is 0 Å². The molecule has 3 N–H and O–H groups in total. The first-order valence-electron chi connectivity index (χ1n) is 6.36. The molecule has 0 fully saturated rings. The monoisotopic (exact) mass is 271 g/mol. The van der Waals surface area contributed by atoms with E-state index < -0.39 is 0 Å². The second-order valence-electron chi connectivity index (χ2n) is 4.68. The highest BCUT2D eigenvalue weighted by atomic mass is 16.3. The van der Waals surface area contributed by atoms with Crippen molar-refractivity contribution in [3.05, 3.63) is 64.7 Å². The van der Waals surface area contributed by atoms with Crippen molar-refractivity contribution in [2.24, 2.45) is 0 Å². The molecule has 0 aliphatic carbocycles. The maximum absolute atomic E-state index is 12.0. The molecule has 1 amide bonds. The molecule has 0 aliphatic rings. The van der Waals surface area contributed by atoms with Crippen LogP contribution in [0, 0.1) is 6.92 Å². The van der Waals surface area contributed by atoms with Crippen LogP contribution in [-0.2, 0) is 13.2 Å². The molecule has 20 heavy (non-hydrogen) atoms. The zero-order chi connectivity index (χ0) is 14.5. The van der Waals surface area contributed by atoms with E-state index in [1.54, 1.807) is 18.2 Å². The number of nitrogens with one attached hydrogen (secondary N) is 1. The maximum Gasteiger partial charge on any atom is 0.255 e. The molecule has 0 unspecified atom stereocenters. The Bertz CT molecular complexity index is 623. The van der Waals surface area contributed by atoms with Crippen LogP contribution in [0.1, 0.15) is 27.0 Å². The number of aliphatic hydroxyl groups excluding tert-OH is 1. The predicted octanol–water partition coefficient (Wildman–Crippen LogP) is 2.12.